The standard InChI is InChI=1S/C14H18N2O5S/c1-8(15-13(17)10-7-11(10)14(18)19)9-5-3-4-6-12(9)16-22(2,20)21/h3-6,8,10-11,16H,7H2,1-2H3,(H,15,17)(H,18,19). The molecular formula is C14H18N2O5S. The second-order valence-corrected chi connectivity index (χ2v) is 7.23. The number of para-hydroxylation sites is 1. The normalized spacial score (nSPS) is 21.7. The third-order valence-corrected chi connectivity index (χ3v) is 4.12. The predicted octanol–water partition coefficient (Wildman–Crippen LogP) is 0.956. The van der Waals surface area contributed by atoms with E-state index in [1.807, 2.05) is 0 Å². The number of carboxylic acid groups (broad SMARTS) is 1. The lowest BCUT2D eigenvalue weighted by molar-refractivity contribution is -0.140. The number of benzene rings is 1. The number of carbonyl (C=O) groups excluding carboxylic acids is 1. The van der Waals surface area contributed by atoms with Crippen LogP contribution in [0.1, 0.15) is 24.9 Å². The van der Waals surface area contributed by atoms with E-state index >= 15 is 0 Å². The van der Waals surface area contributed by atoms with Crippen molar-refractivity contribution in [1.82, 2.24) is 5.32 Å². The zero-order valence-electron chi connectivity index (χ0n) is 12.2. The van der Waals surface area contributed by atoms with Gasteiger partial charge < -0.3 is 10.4 Å². The van der Waals surface area contributed by atoms with Gasteiger partial charge in [-0.3, -0.25) is 14.3 Å². The molecule has 120 valence electrons. The molecule has 8 heteroatoms. The summed E-state index contributed by atoms with van der Waals surface area (Å²) in [4.78, 5) is 22.8. The first-order chi connectivity index (χ1) is 10.2. The lowest BCUT2D eigenvalue weighted by atomic mass is 10.1. The highest BCUT2D eigenvalue weighted by Crippen LogP contribution is 2.39. The Morgan fingerprint density at radius 3 is 2.45 bits per heavy atom. The van der Waals surface area contributed by atoms with Crippen molar-refractivity contribution in [2.24, 2.45) is 11.8 Å². The van der Waals surface area contributed by atoms with Gasteiger partial charge in [-0.15, -0.1) is 0 Å². The van der Waals surface area contributed by atoms with Gasteiger partial charge in [-0.1, -0.05) is 18.2 Å². The van der Waals surface area contributed by atoms with Crippen molar-refractivity contribution < 1.29 is 23.1 Å². The number of anilines is 1. The number of sulfonamides is 1. The molecule has 1 aliphatic carbocycles. The van der Waals surface area contributed by atoms with Crippen LogP contribution >= 0.6 is 0 Å². The first-order valence-corrected chi connectivity index (χ1v) is 8.68. The lowest BCUT2D eigenvalue weighted by Crippen LogP contribution is -2.29. The Morgan fingerprint density at radius 1 is 1.27 bits per heavy atom. The Morgan fingerprint density at radius 2 is 1.91 bits per heavy atom. The fourth-order valence-electron chi connectivity index (χ4n) is 2.32. The number of hydrogen-bond donors (Lipinski definition) is 3. The number of aliphatic carboxylic acids is 1. The zero-order valence-corrected chi connectivity index (χ0v) is 13.1. The summed E-state index contributed by atoms with van der Waals surface area (Å²) in [5, 5.41) is 11.6. The van der Waals surface area contributed by atoms with Crippen molar-refractivity contribution in [2.75, 3.05) is 11.0 Å². The molecule has 0 aromatic heterocycles. The maximum absolute atomic E-state index is 12.0. The smallest absolute Gasteiger partial charge is 0.307 e. The molecule has 1 fully saturated rings. The van der Waals surface area contributed by atoms with Crippen LogP contribution in [0.15, 0.2) is 24.3 Å². The first kappa shape index (κ1) is 16.3. The number of carbonyl (C=O) groups is 2. The van der Waals surface area contributed by atoms with Crippen LogP contribution in [0.2, 0.25) is 0 Å². The molecule has 0 aliphatic heterocycles. The second-order valence-electron chi connectivity index (χ2n) is 5.48. The second kappa shape index (κ2) is 5.96. The van der Waals surface area contributed by atoms with Crippen LogP contribution in [-0.2, 0) is 19.6 Å². The van der Waals surface area contributed by atoms with E-state index in [-0.39, 0.29) is 5.91 Å². The maximum Gasteiger partial charge on any atom is 0.307 e. The summed E-state index contributed by atoms with van der Waals surface area (Å²) in [6.07, 6.45) is 1.39. The molecule has 0 saturated heterocycles. The Bertz CT molecular complexity index is 701. The van der Waals surface area contributed by atoms with E-state index in [0.29, 0.717) is 17.7 Å². The van der Waals surface area contributed by atoms with Crippen LogP contribution in [0, 0.1) is 11.8 Å². The van der Waals surface area contributed by atoms with E-state index in [0.717, 1.165) is 6.26 Å². The van der Waals surface area contributed by atoms with E-state index in [4.69, 9.17) is 5.11 Å². The van der Waals surface area contributed by atoms with Crippen LogP contribution in [0.5, 0.6) is 0 Å². The average molecular weight is 326 g/mol. The molecule has 0 spiro atoms. The van der Waals surface area contributed by atoms with Gasteiger partial charge in [-0.05, 0) is 25.0 Å². The Labute approximate surface area is 128 Å². The minimum atomic E-state index is -3.43. The first-order valence-electron chi connectivity index (χ1n) is 6.79. The van der Waals surface area contributed by atoms with Gasteiger partial charge in [-0.25, -0.2) is 8.42 Å². The van der Waals surface area contributed by atoms with Gasteiger partial charge in [0.15, 0.2) is 0 Å². The molecule has 0 bridgehead atoms. The third-order valence-electron chi connectivity index (χ3n) is 3.53. The van der Waals surface area contributed by atoms with Crippen LogP contribution in [0.25, 0.3) is 0 Å². The van der Waals surface area contributed by atoms with Crippen molar-refractivity contribution in [3.05, 3.63) is 29.8 Å². The number of amides is 1. The Balaban J connectivity index is 2.08. The molecule has 1 amide bonds. The van der Waals surface area contributed by atoms with Gasteiger partial charge in [0.05, 0.1) is 29.8 Å². The Kier molecular flexibility index (Phi) is 4.41. The predicted molar refractivity (Wildman–Crippen MR) is 80.7 cm³/mol. The van der Waals surface area contributed by atoms with Gasteiger partial charge in [0, 0.05) is 0 Å². The lowest BCUT2D eigenvalue weighted by Gasteiger charge is -2.18. The topological polar surface area (TPSA) is 113 Å². The van der Waals surface area contributed by atoms with Gasteiger partial charge in [-0.2, -0.15) is 0 Å². The monoisotopic (exact) mass is 326 g/mol. The number of hydrogen-bond acceptors (Lipinski definition) is 4. The summed E-state index contributed by atoms with van der Waals surface area (Å²) in [5.41, 5.74) is 1.01. The molecule has 3 N–H and O–H groups in total. The molecular weight excluding hydrogens is 308 g/mol. The number of rotatable bonds is 6. The number of nitrogens with one attached hydrogen (secondary N) is 2. The third kappa shape index (κ3) is 3.97. The van der Waals surface area contributed by atoms with Crippen molar-refractivity contribution in [2.45, 2.75) is 19.4 Å². The molecule has 3 atom stereocenters. The van der Waals surface area contributed by atoms with Crippen LogP contribution in [-0.4, -0.2) is 31.7 Å². The SMILES string of the molecule is CC(NC(=O)C1CC1C(=O)O)c1ccccc1NS(C)(=O)=O. The Hall–Kier alpha value is -2.09. The molecule has 0 radical (unpaired) electrons. The minimum Gasteiger partial charge on any atom is -0.481 e. The van der Waals surface area contributed by atoms with E-state index < -0.39 is 33.9 Å². The summed E-state index contributed by atoms with van der Waals surface area (Å²) in [7, 11) is -3.43. The molecule has 1 aromatic carbocycles. The molecule has 2 rings (SSSR count). The van der Waals surface area contributed by atoms with E-state index in [9.17, 15) is 18.0 Å². The van der Waals surface area contributed by atoms with Crippen molar-refractivity contribution in [3.63, 3.8) is 0 Å². The summed E-state index contributed by atoms with van der Waals surface area (Å²) in [6.45, 7) is 1.72. The highest BCUT2D eigenvalue weighted by Gasteiger charge is 2.48. The average Bonchev–Trinajstić information content (AvgIpc) is 3.17. The fourth-order valence-corrected chi connectivity index (χ4v) is 2.91. The van der Waals surface area contributed by atoms with Gasteiger partial charge >= 0.3 is 5.97 Å². The largest absolute Gasteiger partial charge is 0.481 e. The van der Waals surface area contributed by atoms with E-state index in [1.54, 1.807) is 31.2 Å². The van der Waals surface area contributed by atoms with Gasteiger partial charge in [0.2, 0.25) is 15.9 Å². The molecule has 7 nitrogen and oxygen atoms in total. The van der Waals surface area contributed by atoms with E-state index in [1.165, 1.54) is 0 Å². The zero-order chi connectivity index (χ0) is 16.5. The summed E-state index contributed by atoms with van der Waals surface area (Å²) >= 11 is 0. The summed E-state index contributed by atoms with van der Waals surface area (Å²) < 4.78 is 25.1. The molecule has 22 heavy (non-hydrogen) atoms. The number of carboxylic acids is 1. The quantitative estimate of drug-likeness (QED) is 0.720. The molecule has 0 heterocycles. The summed E-state index contributed by atoms with van der Waals surface area (Å²) in [6, 6.07) is 6.30. The van der Waals surface area contributed by atoms with E-state index in [2.05, 4.69) is 10.0 Å². The molecule has 1 aliphatic rings. The molecule has 1 saturated carbocycles. The summed E-state index contributed by atoms with van der Waals surface area (Å²) in [5.74, 6) is -2.41. The minimum absolute atomic E-state index is 0.325. The molecule has 1 aromatic rings. The molecule has 3 unspecified atom stereocenters. The maximum atomic E-state index is 12.0. The van der Waals surface area contributed by atoms with Crippen LogP contribution in [0.4, 0.5) is 5.69 Å². The van der Waals surface area contributed by atoms with Crippen molar-refractivity contribution in [1.29, 1.82) is 0 Å². The van der Waals surface area contributed by atoms with Gasteiger partial charge in [0.1, 0.15) is 0 Å². The van der Waals surface area contributed by atoms with Crippen LogP contribution < -0.4 is 10.0 Å². The highest BCUT2D eigenvalue weighted by atomic mass is 32.2. The highest BCUT2D eigenvalue weighted by molar-refractivity contribution is 7.92. The fraction of sp³-hybridized carbons (Fsp3) is 0.429. The van der Waals surface area contributed by atoms with Crippen LogP contribution in [0.3, 0.4) is 0 Å². The van der Waals surface area contributed by atoms with Gasteiger partial charge in [0.25, 0.3) is 0 Å². The van der Waals surface area contributed by atoms with Crippen molar-refractivity contribution in [3.8, 4) is 0 Å². The van der Waals surface area contributed by atoms with Crippen molar-refractivity contribution >= 4 is 27.6 Å².